The van der Waals surface area contributed by atoms with Crippen LogP contribution in [0.25, 0.3) is 0 Å². The number of hydrogen-bond donors (Lipinski definition) is 2. The molecule has 0 unspecified atom stereocenters. The number of carbonyl (C=O) groups is 2. The number of nitro benzene ring substituents is 1. The number of rotatable bonds is 8. The zero-order valence-corrected chi connectivity index (χ0v) is 23.7. The fourth-order valence-electron chi connectivity index (χ4n) is 5.68. The van der Waals surface area contributed by atoms with Gasteiger partial charge < -0.3 is 24.8 Å². The maximum absolute atomic E-state index is 13.9. The second-order valence-corrected chi connectivity index (χ2v) is 10.2. The van der Waals surface area contributed by atoms with E-state index in [1.165, 1.54) is 12.1 Å². The second kappa shape index (κ2) is 11.8. The molecule has 216 valence electrons. The minimum Gasteiger partial charge on any atom is -0.497 e. The molecule has 0 saturated heterocycles. The highest BCUT2D eigenvalue weighted by atomic mass is 16.6. The number of benzene rings is 3. The first-order chi connectivity index (χ1) is 20.2. The van der Waals surface area contributed by atoms with Gasteiger partial charge in [0.1, 0.15) is 5.75 Å². The lowest BCUT2D eigenvalue weighted by molar-refractivity contribution is -0.384. The fourth-order valence-corrected chi connectivity index (χ4v) is 5.68. The summed E-state index contributed by atoms with van der Waals surface area (Å²) in [7, 11) is 4.70. The smallest absolute Gasteiger partial charge is 0.269 e. The lowest BCUT2D eigenvalue weighted by Crippen LogP contribution is -2.37. The Bertz CT molecular complexity index is 1610. The van der Waals surface area contributed by atoms with Crippen LogP contribution in [0.2, 0.25) is 0 Å². The highest BCUT2D eigenvalue weighted by Crippen LogP contribution is 2.46. The van der Waals surface area contributed by atoms with Crippen molar-refractivity contribution in [1.82, 2.24) is 5.32 Å². The van der Waals surface area contributed by atoms with Crippen LogP contribution >= 0.6 is 0 Å². The van der Waals surface area contributed by atoms with Gasteiger partial charge in [0.15, 0.2) is 17.3 Å². The Morgan fingerprint density at radius 1 is 0.905 bits per heavy atom. The van der Waals surface area contributed by atoms with Gasteiger partial charge in [-0.1, -0.05) is 18.2 Å². The normalized spacial score (nSPS) is 18.1. The van der Waals surface area contributed by atoms with Crippen LogP contribution in [0.4, 0.5) is 11.4 Å². The first kappa shape index (κ1) is 28.4. The molecule has 3 aromatic rings. The fraction of sp³-hybridized carbons (Fsp3) is 0.250. The number of amides is 1. The standard InChI is InChI=1S/C32H31N3O7/c1-18-29(32(37)34-22-8-12-24(40-2)13-9-22)30(19-5-10-23(11-6-19)35(38)39)31-25(33-18)15-21(16-26(31)36)20-7-14-27(41-3)28(17-20)42-4/h5-14,17,21,30,33H,15-16H2,1-4H3,(H,34,37)/t21-,30-/m0/s1. The number of carbonyl (C=O) groups excluding carboxylic acids is 2. The topological polar surface area (TPSA) is 129 Å². The number of dihydropyridines is 1. The second-order valence-electron chi connectivity index (χ2n) is 10.2. The summed E-state index contributed by atoms with van der Waals surface area (Å²) in [5.74, 6) is 0.518. The van der Waals surface area contributed by atoms with Gasteiger partial charge in [0.2, 0.25) is 0 Å². The SMILES string of the molecule is COc1ccc(NC(=O)C2=C(C)NC3=C(C(=O)C[C@@H](c4ccc(OC)c(OC)c4)C3)[C@H]2c2ccc([N+](=O)[O-])cc2)cc1. The number of non-ortho nitro benzene ring substituents is 1. The van der Waals surface area contributed by atoms with Crippen LogP contribution in [0.1, 0.15) is 42.7 Å². The van der Waals surface area contributed by atoms with Gasteiger partial charge in [-0.15, -0.1) is 0 Å². The number of nitrogens with one attached hydrogen (secondary N) is 2. The van der Waals surface area contributed by atoms with Crippen LogP contribution in [0.3, 0.4) is 0 Å². The molecule has 5 rings (SSSR count). The van der Waals surface area contributed by atoms with E-state index >= 15 is 0 Å². The molecule has 0 saturated carbocycles. The third kappa shape index (κ3) is 5.43. The van der Waals surface area contributed by atoms with Crippen molar-refractivity contribution in [1.29, 1.82) is 0 Å². The number of ether oxygens (including phenoxy) is 3. The van der Waals surface area contributed by atoms with Gasteiger partial charge in [-0.25, -0.2) is 0 Å². The molecule has 2 aliphatic rings. The molecular weight excluding hydrogens is 538 g/mol. The van der Waals surface area contributed by atoms with Gasteiger partial charge >= 0.3 is 0 Å². The van der Waals surface area contributed by atoms with Crippen molar-refractivity contribution in [2.24, 2.45) is 0 Å². The highest BCUT2D eigenvalue weighted by molar-refractivity contribution is 6.10. The predicted molar refractivity (Wildman–Crippen MR) is 157 cm³/mol. The molecule has 1 aliphatic heterocycles. The van der Waals surface area contributed by atoms with E-state index in [-0.39, 0.29) is 29.7 Å². The Morgan fingerprint density at radius 3 is 2.19 bits per heavy atom. The van der Waals surface area contributed by atoms with Crippen molar-refractivity contribution in [3.8, 4) is 17.2 Å². The zero-order chi connectivity index (χ0) is 30.0. The molecule has 0 radical (unpaired) electrons. The van der Waals surface area contributed by atoms with Gasteiger partial charge in [0, 0.05) is 52.7 Å². The number of methoxy groups -OCH3 is 3. The Balaban J connectivity index is 1.54. The molecule has 2 N–H and O–H groups in total. The molecule has 0 bridgehead atoms. The molecule has 1 amide bonds. The summed E-state index contributed by atoms with van der Waals surface area (Å²) < 4.78 is 16.1. The molecule has 1 heterocycles. The summed E-state index contributed by atoms with van der Waals surface area (Å²) in [5.41, 5.74) is 4.24. The van der Waals surface area contributed by atoms with Gasteiger partial charge in [0.05, 0.1) is 26.3 Å². The minimum atomic E-state index is -0.709. The first-order valence-electron chi connectivity index (χ1n) is 13.4. The summed E-state index contributed by atoms with van der Waals surface area (Å²) in [5, 5.41) is 17.6. The lowest BCUT2D eigenvalue weighted by atomic mass is 9.71. The zero-order valence-electron chi connectivity index (χ0n) is 23.7. The van der Waals surface area contributed by atoms with Crippen LogP contribution in [0, 0.1) is 10.1 Å². The van der Waals surface area contributed by atoms with E-state index in [0.717, 1.165) is 11.3 Å². The number of nitrogens with zero attached hydrogens (tertiary/aromatic N) is 1. The number of anilines is 1. The number of allylic oxidation sites excluding steroid dienone is 3. The van der Waals surface area contributed by atoms with Gasteiger partial charge in [-0.05, 0) is 66.8 Å². The Morgan fingerprint density at radius 2 is 1.57 bits per heavy atom. The summed E-state index contributed by atoms with van der Waals surface area (Å²) >= 11 is 0. The average molecular weight is 570 g/mol. The molecule has 42 heavy (non-hydrogen) atoms. The van der Waals surface area contributed by atoms with E-state index < -0.39 is 10.8 Å². The summed E-state index contributed by atoms with van der Waals surface area (Å²) in [6.45, 7) is 1.80. The Kier molecular flexibility index (Phi) is 7.97. The van der Waals surface area contributed by atoms with Crippen LogP contribution in [0.15, 0.2) is 89.3 Å². The minimum absolute atomic E-state index is 0.0738. The van der Waals surface area contributed by atoms with Crippen molar-refractivity contribution < 1.29 is 28.7 Å². The van der Waals surface area contributed by atoms with Crippen LogP contribution in [0.5, 0.6) is 17.2 Å². The largest absolute Gasteiger partial charge is 0.497 e. The van der Waals surface area contributed by atoms with E-state index in [9.17, 15) is 19.7 Å². The monoisotopic (exact) mass is 569 g/mol. The molecule has 0 spiro atoms. The van der Waals surface area contributed by atoms with Gasteiger partial charge in [0.25, 0.3) is 11.6 Å². The van der Waals surface area contributed by atoms with E-state index in [1.54, 1.807) is 64.7 Å². The van der Waals surface area contributed by atoms with Crippen molar-refractivity contribution in [3.63, 3.8) is 0 Å². The highest BCUT2D eigenvalue weighted by Gasteiger charge is 2.41. The molecule has 0 fully saturated rings. The van der Waals surface area contributed by atoms with Gasteiger partial charge in [-0.3, -0.25) is 19.7 Å². The Hall–Kier alpha value is -5.12. The van der Waals surface area contributed by atoms with E-state index in [0.29, 0.717) is 51.8 Å². The maximum atomic E-state index is 13.9. The lowest BCUT2D eigenvalue weighted by Gasteiger charge is -2.37. The third-order valence-electron chi connectivity index (χ3n) is 7.74. The van der Waals surface area contributed by atoms with Crippen LogP contribution < -0.4 is 24.8 Å². The number of nitro groups is 1. The van der Waals surface area contributed by atoms with E-state index in [2.05, 4.69) is 10.6 Å². The summed E-state index contributed by atoms with van der Waals surface area (Å²) in [4.78, 5) is 38.6. The summed E-state index contributed by atoms with van der Waals surface area (Å²) in [6.07, 6.45) is 0.761. The number of hydrogen-bond acceptors (Lipinski definition) is 8. The number of ketones is 1. The van der Waals surface area contributed by atoms with E-state index in [1.807, 2.05) is 18.2 Å². The van der Waals surface area contributed by atoms with Crippen molar-refractivity contribution in [2.75, 3.05) is 26.6 Å². The van der Waals surface area contributed by atoms with Crippen molar-refractivity contribution >= 4 is 23.1 Å². The molecule has 10 heteroatoms. The van der Waals surface area contributed by atoms with Crippen molar-refractivity contribution in [3.05, 3.63) is 111 Å². The Labute approximate surface area is 243 Å². The van der Waals surface area contributed by atoms with Crippen LogP contribution in [-0.2, 0) is 9.59 Å². The first-order valence-corrected chi connectivity index (χ1v) is 13.4. The molecular formula is C32H31N3O7. The molecule has 10 nitrogen and oxygen atoms in total. The third-order valence-corrected chi connectivity index (χ3v) is 7.74. The van der Waals surface area contributed by atoms with Gasteiger partial charge in [-0.2, -0.15) is 0 Å². The molecule has 1 aliphatic carbocycles. The molecule has 3 aromatic carbocycles. The predicted octanol–water partition coefficient (Wildman–Crippen LogP) is 5.62. The molecule has 2 atom stereocenters. The maximum Gasteiger partial charge on any atom is 0.269 e. The molecule has 0 aromatic heterocycles. The average Bonchev–Trinajstić information content (AvgIpc) is 3.00. The van der Waals surface area contributed by atoms with E-state index in [4.69, 9.17) is 14.2 Å². The van der Waals surface area contributed by atoms with Crippen LogP contribution in [-0.4, -0.2) is 37.9 Å². The summed E-state index contributed by atoms with van der Waals surface area (Å²) in [6, 6.07) is 18.6. The van der Waals surface area contributed by atoms with Crippen molar-refractivity contribution in [2.45, 2.75) is 31.6 Å². The number of Topliss-reactive ketones (excluding diaryl/α,β-unsaturated/α-hetero) is 1. The quantitative estimate of drug-likeness (QED) is 0.264.